The molecule has 0 radical (unpaired) electrons. The first-order chi connectivity index (χ1) is 9.52. The second kappa shape index (κ2) is 4.98. The van der Waals surface area contributed by atoms with E-state index in [-0.39, 0.29) is 11.2 Å². The molecule has 1 aliphatic heterocycles. The number of benzene rings is 1. The van der Waals surface area contributed by atoms with Gasteiger partial charge in [-0.05, 0) is 31.9 Å². The normalized spacial score (nSPS) is 17.1. The Morgan fingerprint density at radius 1 is 1.40 bits per heavy atom. The maximum atomic E-state index is 12.4. The van der Waals surface area contributed by atoms with Crippen molar-refractivity contribution < 1.29 is 4.79 Å². The van der Waals surface area contributed by atoms with Gasteiger partial charge in [0.05, 0.1) is 10.9 Å². The van der Waals surface area contributed by atoms with Gasteiger partial charge >= 0.3 is 0 Å². The Morgan fingerprint density at radius 2 is 2.20 bits per heavy atom. The number of amides is 1. The Morgan fingerprint density at radius 3 is 2.90 bits per heavy atom. The summed E-state index contributed by atoms with van der Waals surface area (Å²) >= 11 is 1.65. The van der Waals surface area contributed by atoms with Crippen LogP contribution in [0.25, 0.3) is 0 Å². The minimum absolute atomic E-state index is 0.0480. The molecule has 1 amide bonds. The second-order valence-corrected chi connectivity index (χ2v) is 6.45. The molecule has 0 unspecified atom stereocenters. The van der Waals surface area contributed by atoms with E-state index in [1.54, 1.807) is 16.4 Å². The Kier molecular flexibility index (Phi) is 3.30. The molecule has 0 spiro atoms. The number of aromatic nitrogens is 2. The highest BCUT2D eigenvalue weighted by atomic mass is 32.2. The Balaban J connectivity index is 1.73. The van der Waals surface area contributed by atoms with Gasteiger partial charge in [0.15, 0.2) is 0 Å². The van der Waals surface area contributed by atoms with Crippen LogP contribution < -0.4 is 5.32 Å². The van der Waals surface area contributed by atoms with E-state index >= 15 is 0 Å². The summed E-state index contributed by atoms with van der Waals surface area (Å²) in [4.78, 5) is 13.6. The summed E-state index contributed by atoms with van der Waals surface area (Å²) < 4.78 is 1.70. The largest absolute Gasteiger partial charge is 0.310 e. The van der Waals surface area contributed by atoms with E-state index in [1.165, 1.54) is 16.0 Å². The van der Waals surface area contributed by atoms with Crippen molar-refractivity contribution in [2.75, 3.05) is 5.32 Å². The van der Waals surface area contributed by atoms with Crippen LogP contribution >= 0.6 is 11.8 Å². The molecule has 0 aliphatic carbocycles. The third-order valence-electron chi connectivity index (χ3n) is 3.44. The number of carbonyl (C=O) groups is 1. The average Bonchev–Trinajstić information content (AvgIpc) is 2.92. The van der Waals surface area contributed by atoms with Gasteiger partial charge in [0.25, 0.3) is 0 Å². The topological polar surface area (TPSA) is 46.9 Å². The van der Waals surface area contributed by atoms with Crippen molar-refractivity contribution in [3.63, 3.8) is 0 Å². The lowest BCUT2D eigenvalue weighted by Gasteiger charge is -2.09. The summed E-state index contributed by atoms with van der Waals surface area (Å²) in [5.74, 6) is 0.798. The molecule has 5 heteroatoms. The minimum Gasteiger partial charge on any atom is -0.310 e. The molecule has 1 atom stereocenters. The van der Waals surface area contributed by atoms with Gasteiger partial charge in [0.1, 0.15) is 5.82 Å². The van der Waals surface area contributed by atoms with Crippen molar-refractivity contribution >= 4 is 23.5 Å². The van der Waals surface area contributed by atoms with E-state index in [0.29, 0.717) is 0 Å². The van der Waals surface area contributed by atoms with Gasteiger partial charge in [-0.25, -0.2) is 0 Å². The summed E-state index contributed by atoms with van der Waals surface area (Å²) in [5.41, 5.74) is 3.40. The lowest BCUT2D eigenvalue weighted by atomic mass is 10.1. The molecule has 1 aromatic heterocycles. The molecule has 20 heavy (non-hydrogen) atoms. The molecule has 0 saturated heterocycles. The fourth-order valence-corrected chi connectivity index (χ4v) is 3.71. The smallest absolute Gasteiger partial charge is 0.239 e. The number of thioether (sulfide) groups is 1. The first-order valence-electron chi connectivity index (χ1n) is 6.60. The molecule has 104 valence electrons. The van der Waals surface area contributed by atoms with Crippen LogP contribution in [0.2, 0.25) is 0 Å². The first kappa shape index (κ1) is 13.2. The molecule has 0 fully saturated rings. The molecular weight excluding hydrogens is 270 g/mol. The van der Waals surface area contributed by atoms with Crippen molar-refractivity contribution in [1.82, 2.24) is 9.78 Å². The van der Waals surface area contributed by atoms with Gasteiger partial charge in [-0.15, -0.1) is 11.8 Å². The standard InChI is InChI=1S/C15H17N3OS/c1-9-4-5-11-8-13(20-12(11)6-9)15(19)16-14-7-10(2)17-18(14)3/h4-7,13H,8H2,1-3H3,(H,16,19)/t13-/m1/s1. The first-order valence-corrected chi connectivity index (χ1v) is 7.48. The van der Waals surface area contributed by atoms with Crippen molar-refractivity contribution in [3.8, 4) is 0 Å². The molecule has 2 heterocycles. The third-order valence-corrected chi connectivity index (χ3v) is 4.74. The van der Waals surface area contributed by atoms with Gasteiger partial charge in [-0.3, -0.25) is 9.48 Å². The fraction of sp³-hybridized carbons (Fsp3) is 0.333. The van der Waals surface area contributed by atoms with Crippen LogP contribution in [-0.2, 0) is 18.3 Å². The number of hydrogen-bond donors (Lipinski definition) is 1. The van der Waals surface area contributed by atoms with Gasteiger partial charge in [-0.1, -0.05) is 17.7 Å². The molecular formula is C15H17N3OS. The number of rotatable bonds is 2. The van der Waals surface area contributed by atoms with Crippen molar-refractivity contribution in [2.24, 2.45) is 7.05 Å². The Bertz CT molecular complexity index is 678. The lowest BCUT2D eigenvalue weighted by molar-refractivity contribution is -0.115. The summed E-state index contributed by atoms with van der Waals surface area (Å²) in [6, 6.07) is 8.26. The fourth-order valence-electron chi connectivity index (χ4n) is 2.42. The molecule has 1 aromatic carbocycles. The maximum Gasteiger partial charge on any atom is 0.239 e. The number of nitrogens with zero attached hydrogens (tertiary/aromatic N) is 2. The molecule has 1 aliphatic rings. The zero-order valence-corrected chi connectivity index (χ0v) is 12.6. The Hall–Kier alpha value is -1.75. The third kappa shape index (κ3) is 2.45. The van der Waals surface area contributed by atoms with E-state index in [1.807, 2.05) is 20.0 Å². The van der Waals surface area contributed by atoms with Crippen LogP contribution in [-0.4, -0.2) is 20.9 Å². The van der Waals surface area contributed by atoms with Crippen LogP contribution in [0.5, 0.6) is 0 Å². The number of hydrogen-bond acceptors (Lipinski definition) is 3. The highest BCUT2D eigenvalue weighted by Crippen LogP contribution is 2.38. The maximum absolute atomic E-state index is 12.4. The molecule has 4 nitrogen and oxygen atoms in total. The zero-order valence-electron chi connectivity index (χ0n) is 11.8. The van der Waals surface area contributed by atoms with E-state index in [9.17, 15) is 4.79 Å². The van der Waals surface area contributed by atoms with E-state index in [2.05, 4.69) is 35.5 Å². The summed E-state index contributed by atoms with van der Waals surface area (Å²) in [6.45, 7) is 3.99. The van der Waals surface area contributed by atoms with Crippen molar-refractivity contribution in [2.45, 2.75) is 30.4 Å². The van der Waals surface area contributed by atoms with Gasteiger partial charge in [-0.2, -0.15) is 5.10 Å². The molecule has 3 rings (SSSR count). The highest BCUT2D eigenvalue weighted by Gasteiger charge is 2.28. The molecule has 1 N–H and O–H groups in total. The zero-order chi connectivity index (χ0) is 14.3. The number of fused-ring (bicyclic) bond motifs is 1. The predicted molar refractivity (Wildman–Crippen MR) is 81.1 cm³/mol. The highest BCUT2D eigenvalue weighted by molar-refractivity contribution is 8.01. The van der Waals surface area contributed by atoms with Crippen LogP contribution in [0.3, 0.4) is 0 Å². The number of anilines is 1. The van der Waals surface area contributed by atoms with E-state index in [0.717, 1.165) is 17.9 Å². The number of nitrogens with one attached hydrogen (secondary N) is 1. The SMILES string of the molecule is Cc1ccc2c(c1)S[C@@H](C(=O)Nc1cc(C)nn1C)C2. The average molecular weight is 287 g/mol. The molecule has 2 aromatic rings. The second-order valence-electron chi connectivity index (χ2n) is 5.21. The van der Waals surface area contributed by atoms with E-state index < -0.39 is 0 Å². The molecule has 0 bridgehead atoms. The quantitative estimate of drug-likeness (QED) is 0.924. The Labute approximate surface area is 122 Å². The van der Waals surface area contributed by atoms with Crippen molar-refractivity contribution in [1.29, 1.82) is 0 Å². The van der Waals surface area contributed by atoms with Crippen LogP contribution in [0, 0.1) is 13.8 Å². The minimum atomic E-state index is -0.0537. The van der Waals surface area contributed by atoms with Gasteiger partial charge < -0.3 is 5.32 Å². The van der Waals surface area contributed by atoms with Crippen LogP contribution in [0.4, 0.5) is 5.82 Å². The monoisotopic (exact) mass is 287 g/mol. The van der Waals surface area contributed by atoms with E-state index in [4.69, 9.17) is 0 Å². The van der Waals surface area contributed by atoms with Gasteiger partial charge in [0, 0.05) is 18.0 Å². The molecule has 0 saturated carbocycles. The van der Waals surface area contributed by atoms with Crippen molar-refractivity contribution in [3.05, 3.63) is 41.1 Å². The van der Waals surface area contributed by atoms with Crippen LogP contribution in [0.1, 0.15) is 16.8 Å². The lowest BCUT2D eigenvalue weighted by Crippen LogP contribution is -2.25. The summed E-state index contributed by atoms with van der Waals surface area (Å²) in [6.07, 6.45) is 0.795. The summed E-state index contributed by atoms with van der Waals surface area (Å²) in [7, 11) is 1.84. The van der Waals surface area contributed by atoms with Crippen LogP contribution in [0.15, 0.2) is 29.2 Å². The predicted octanol–water partition coefficient (Wildman–Crippen LogP) is 2.69. The van der Waals surface area contributed by atoms with Gasteiger partial charge in [0.2, 0.25) is 5.91 Å². The summed E-state index contributed by atoms with van der Waals surface area (Å²) in [5, 5.41) is 7.15. The number of carbonyl (C=O) groups excluding carboxylic acids is 1. The number of aryl methyl sites for hydroxylation is 3.